The third-order valence-electron chi connectivity index (χ3n) is 4.10. The lowest BCUT2D eigenvalue weighted by Gasteiger charge is -2.32. The van der Waals surface area contributed by atoms with E-state index in [0.29, 0.717) is 25.3 Å². The fourth-order valence-corrected chi connectivity index (χ4v) is 4.45. The van der Waals surface area contributed by atoms with E-state index in [4.69, 9.17) is 9.47 Å². The maximum Gasteiger partial charge on any atom is 0.338 e. The molecule has 24 heavy (non-hydrogen) atoms. The summed E-state index contributed by atoms with van der Waals surface area (Å²) in [5.74, 6) is -0.481. The normalized spacial score (nSPS) is 19.2. The molecule has 0 bridgehead atoms. The van der Waals surface area contributed by atoms with E-state index in [-0.39, 0.29) is 17.5 Å². The standard InChI is InChI=1S/C17H25NO5S/c1-3-22-12-13-23-17(19)15-7-9-16(10-8-15)24(20,21)18-11-5-4-6-14(18)2/h7-10,14H,3-6,11-13H2,1-2H3. The Morgan fingerprint density at radius 3 is 2.54 bits per heavy atom. The largest absolute Gasteiger partial charge is 0.460 e. The van der Waals surface area contributed by atoms with Gasteiger partial charge in [-0.25, -0.2) is 13.2 Å². The van der Waals surface area contributed by atoms with Crippen molar-refractivity contribution in [2.45, 2.75) is 44.0 Å². The van der Waals surface area contributed by atoms with Crippen LogP contribution in [-0.4, -0.2) is 51.1 Å². The van der Waals surface area contributed by atoms with Gasteiger partial charge in [0, 0.05) is 19.2 Å². The Bertz CT molecular complexity index is 641. The summed E-state index contributed by atoms with van der Waals surface area (Å²) in [6.45, 7) is 5.44. The number of carbonyl (C=O) groups excluding carboxylic acids is 1. The first-order valence-corrected chi connectivity index (χ1v) is 9.77. The smallest absolute Gasteiger partial charge is 0.338 e. The van der Waals surface area contributed by atoms with Gasteiger partial charge in [0.1, 0.15) is 6.61 Å². The van der Waals surface area contributed by atoms with Gasteiger partial charge >= 0.3 is 5.97 Å². The molecule has 1 fully saturated rings. The lowest BCUT2D eigenvalue weighted by atomic mass is 10.1. The second-order valence-electron chi connectivity index (χ2n) is 5.82. The van der Waals surface area contributed by atoms with Crippen LogP contribution in [0.4, 0.5) is 0 Å². The van der Waals surface area contributed by atoms with Gasteiger partial charge < -0.3 is 9.47 Å². The molecule has 0 radical (unpaired) electrons. The Morgan fingerprint density at radius 1 is 1.21 bits per heavy atom. The molecule has 1 aromatic carbocycles. The highest BCUT2D eigenvalue weighted by Crippen LogP contribution is 2.25. The van der Waals surface area contributed by atoms with Crippen LogP contribution in [-0.2, 0) is 19.5 Å². The third-order valence-corrected chi connectivity index (χ3v) is 6.13. The second-order valence-corrected chi connectivity index (χ2v) is 7.71. The van der Waals surface area contributed by atoms with E-state index in [2.05, 4.69) is 0 Å². The summed E-state index contributed by atoms with van der Waals surface area (Å²) in [5, 5.41) is 0. The van der Waals surface area contributed by atoms with Crippen molar-refractivity contribution < 1.29 is 22.7 Å². The number of sulfonamides is 1. The molecule has 0 aliphatic carbocycles. The maximum absolute atomic E-state index is 12.7. The zero-order valence-corrected chi connectivity index (χ0v) is 15.0. The zero-order chi connectivity index (χ0) is 17.6. The van der Waals surface area contributed by atoms with Crippen molar-refractivity contribution in [1.29, 1.82) is 0 Å². The number of nitrogens with zero attached hydrogens (tertiary/aromatic N) is 1. The van der Waals surface area contributed by atoms with E-state index in [1.807, 2.05) is 13.8 Å². The summed E-state index contributed by atoms with van der Waals surface area (Å²) >= 11 is 0. The van der Waals surface area contributed by atoms with Gasteiger partial charge in [0.15, 0.2) is 0 Å². The van der Waals surface area contributed by atoms with Crippen molar-refractivity contribution in [2.75, 3.05) is 26.4 Å². The molecule has 0 N–H and O–H groups in total. The number of rotatable bonds is 7. The van der Waals surface area contributed by atoms with Crippen molar-refractivity contribution in [3.05, 3.63) is 29.8 Å². The number of piperidine rings is 1. The van der Waals surface area contributed by atoms with E-state index in [1.54, 1.807) is 4.31 Å². The van der Waals surface area contributed by atoms with E-state index in [9.17, 15) is 13.2 Å². The monoisotopic (exact) mass is 355 g/mol. The van der Waals surface area contributed by atoms with Gasteiger partial charge in [-0.3, -0.25) is 0 Å². The van der Waals surface area contributed by atoms with Gasteiger partial charge in [-0.2, -0.15) is 4.31 Å². The molecule has 1 atom stereocenters. The highest BCUT2D eigenvalue weighted by atomic mass is 32.2. The van der Waals surface area contributed by atoms with Crippen molar-refractivity contribution in [3.8, 4) is 0 Å². The fraction of sp³-hybridized carbons (Fsp3) is 0.588. The topological polar surface area (TPSA) is 72.9 Å². The molecule has 1 heterocycles. The van der Waals surface area contributed by atoms with E-state index < -0.39 is 16.0 Å². The Hall–Kier alpha value is -1.44. The minimum Gasteiger partial charge on any atom is -0.460 e. The fourth-order valence-electron chi connectivity index (χ4n) is 2.75. The van der Waals surface area contributed by atoms with Crippen molar-refractivity contribution in [2.24, 2.45) is 0 Å². The maximum atomic E-state index is 12.7. The number of carbonyl (C=O) groups is 1. The summed E-state index contributed by atoms with van der Waals surface area (Å²) < 4.78 is 37.1. The number of ether oxygens (including phenoxy) is 2. The van der Waals surface area contributed by atoms with Gasteiger partial charge in [-0.15, -0.1) is 0 Å². The molecule has 0 saturated carbocycles. The molecule has 1 saturated heterocycles. The van der Waals surface area contributed by atoms with Crippen LogP contribution in [0.1, 0.15) is 43.5 Å². The van der Waals surface area contributed by atoms with Gasteiger partial charge in [0.25, 0.3) is 0 Å². The van der Waals surface area contributed by atoms with E-state index in [0.717, 1.165) is 19.3 Å². The van der Waals surface area contributed by atoms with Crippen LogP contribution in [0, 0.1) is 0 Å². The van der Waals surface area contributed by atoms with Crippen molar-refractivity contribution in [3.63, 3.8) is 0 Å². The molecule has 134 valence electrons. The number of hydrogen-bond acceptors (Lipinski definition) is 5. The van der Waals surface area contributed by atoms with Crippen LogP contribution < -0.4 is 0 Å². The number of hydrogen-bond donors (Lipinski definition) is 0. The van der Waals surface area contributed by atoms with Crippen LogP contribution in [0.3, 0.4) is 0 Å². The van der Waals surface area contributed by atoms with Gasteiger partial charge in [0.05, 0.1) is 17.1 Å². The Kier molecular flexibility index (Phi) is 6.77. The summed E-state index contributed by atoms with van der Waals surface area (Å²) in [7, 11) is -3.52. The number of benzene rings is 1. The zero-order valence-electron chi connectivity index (χ0n) is 14.2. The van der Waals surface area contributed by atoms with Crippen LogP contribution in [0.15, 0.2) is 29.2 Å². The molecular formula is C17H25NO5S. The van der Waals surface area contributed by atoms with Crippen molar-refractivity contribution in [1.82, 2.24) is 4.31 Å². The van der Waals surface area contributed by atoms with Crippen LogP contribution in [0.2, 0.25) is 0 Å². The SMILES string of the molecule is CCOCCOC(=O)c1ccc(S(=O)(=O)N2CCCCC2C)cc1. The molecule has 0 amide bonds. The minimum absolute atomic E-state index is 0.00644. The molecule has 1 unspecified atom stereocenters. The van der Waals surface area contributed by atoms with E-state index >= 15 is 0 Å². The van der Waals surface area contributed by atoms with Crippen molar-refractivity contribution >= 4 is 16.0 Å². The summed E-state index contributed by atoms with van der Waals surface area (Å²) in [6, 6.07) is 5.92. The van der Waals surface area contributed by atoms with Gasteiger partial charge in [-0.05, 0) is 51.0 Å². The molecule has 1 aliphatic heterocycles. The molecule has 1 aromatic rings. The summed E-state index contributed by atoms with van der Waals surface area (Å²) in [6.07, 6.45) is 2.82. The van der Waals surface area contributed by atoms with Crippen LogP contribution in [0.5, 0.6) is 0 Å². The highest BCUT2D eigenvalue weighted by molar-refractivity contribution is 7.89. The Morgan fingerprint density at radius 2 is 1.92 bits per heavy atom. The molecular weight excluding hydrogens is 330 g/mol. The number of esters is 1. The second kappa shape index (κ2) is 8.60. The molecule has 0 aromatic heterocycles. The minimum atomic E-state index is -3.52. The summed E-state index contributed by atoms with van der Waals surface area (Å²) in [4.78, 5) is 12.1. The molecule has 0 spiro atoms. The quantitative estimate of drug-likeness (QED) is 0.555. The highest BCUT2D eigenvalue weighted by Gasteiger charge is 2.30. The van der Waals surface area contributed by atoms with E-state index in [1.165, 1.54) is 24.3 Å². The predicted octanol–water partition coefficient (Wildman–Crippen LogP) is 2.44. The molecule has 2 rings (SSSR count). The lowest BCUT2D eigenvalue weighted by molar-refractivity contribution is 0.0335. The van der Waals surface area contributed by atoms with Crippen LogP contribution in [0.25, 0.3) is 0 Å². The summed E-state index contributed by atoms with van der Waals surface area (Å²) in [5.41, 5.74) is 0.331. The first kappa shape index (κ1) is 18.9. The third kappa shape index (κ3) is 4.55. The molecule has 6 nitrogen and oxygen atoms in total. The molecule has 1 aliphatic rings. The lowest BCUT2D eigenvalue weighted by Crippen LogP contribution is -2.41. The average Bonchev–Trinajstić information content (AvgIpc) is 2.59. The Balaban J connectivity index is 2.04. The average molecular weight is 355 g/mol. The van der Waals surface area contributed by atoms with Gasteiger partial charge in [-0.1, -0.05) is 6.42 Å². The first-order chi connectivity index (χ1) is 11.5. The molecule has 7 heteroatoms. The predicted molar refractivity (Wildman–Crippen MR) is 90.4 cm³/mol. The first-order valence-electron chi connectivity index (χ1n) is 8.33. The Labute approximate surface area is 143 Å². The van der Waals surface area contributed by atoms with Gasteiger partial charge in [0.2, 0.25) is 10.0 Å². The van der Waals surface area contributed by atoms with Crippen LogP contribution >= 0.6 is 0 Å².